The second-order valence-corrected chi connectivity index (χ2v) is 7.10. The highest BCUT2D eigenvalue weighted by molar-refractivity contribution is 6.09. The van der Waals surface area contributed by atoms with Gasteiger partial charge in [0.05, 0.1) is 17.4 Å². The molecule has 0 saturated carbocycles. The lowest BCUT2D eigenvalue weighted by Crippen LogP contribution is -2.32. The van der Waals surface area contributed by atoms with Crippen LogP contribution in [0.2, 0.25) is 0 Å². The van der Waals surface area contributed by atoms with Crippen LogP contribution in [0.15, 0.2) is 36.4 Å². The highest BCUT2D eigenvalue weighted by Crippen LogP contribution is 2.20. The van der Waals surface area contributed by atoms with Gasteiger partial charge >= 0.3 is 0 Å². The Bertz CT molecular complexity index is 855. The van der Waals surface area contributed by atoms with Gasteiger partial charge in [-0.3, -0.25) is 9.59 Å². The Labute approximate surface area is 160 Å². The lowest BCUT2D eigenvalue weighted by molar-refractivity contribution is 0.0858. The van der Waals surface area contributed by atoms with E-state index in [1.165, 1.54) is 0 Å². The van der Waals surface area contributed by atoms with Crippen molar-refractivity contribution in [3.63, 3.8) is 0 Å². The summed E-state index contributed by atoms with van der Waals surface area (Å²) in [4.78, 5) is 25.4. The average Bonchev–Trinajstić information content (AvgIpc) is 3.16. The van der Waals surface area contributed by atoms with Crippen LogP contribution in [0.5, 0.6) is 0 Å². The van der Waals surface area contributed by atoms with Gasteiger partial charge in [0.25, 0.3) is 11.8 Å². The Morgan fingerprint density at radius 2 is 1.74 bits per heavy atom. The van der Waals surface area contributed by atoms with Crippen molar-refractivity contribution in [2.24, 2.45) is 0 Å². The number of benzene rings is 2. The molecule has 1 aliphatic rings. The quantitative estimate of drug-likeness (QED) is 0.846. The molecule has 2 amide bonds. The van der Waals surface area contributed by atoms with E-state index in [4.69, 9.17) is 4.74 Å². The summed E-state index contributed by atoms with van der Waals surface area (Å²) in [5, 5.41) is 5.80. The molecule has 1 atom stereocenters. The smallest absolute Gasteiger partial charge is 0.255 e. The molecular formula is C22H26N2O3. The van der Waals surface area contributed by atoms with Crippen LogP contribution in [0.25, 0.3) is 0 Å². The van der Waals surface area contributed by atoms with Gasteiger partial charge in [-0.15, -0.1) is 0 Å². The SMILES string of the molecule is Cc1cc(C)c(C(=O)Nc2ccccc2C(=O)NC[C@@H]2CCCO2)cc1C. The van der Waals surface area contributed by atoms with E-state index in [1.54, 1.807) is 24.3 Å². The van der Waals surface area contributed by atoms with Crippen LogP contribution < -0.4 is 10.6 Å². The number of anilines is 1. The number of rotatable bonds is 5. The fourth-order valence-corrected chi connectivity index (χ4v) is 3.29. The third-order valence-corrected chi connectivity index (χ3v) is 5.02. The van der Waals surface area contributed by atoms with Crippen molar-refractivity contribution in [2.45, 2.75) is 39.7 Å². The Morgan fingerprint density at radius 3 is 2.48 bits per heavy atom. The predicted molar refractivity (Wildman–Crippen MR) is 106 cm³/mol. The topological polar surface area (TPSA) is 67.4 Å². The molecule has 3 rings (SSSR count). The zero-order valence-electron chi connectivity index (χ0n) is 16.1. The summed E-state index contributed by atoms with van der Waals surface area (Å²) in [5.74, 6) is -0.423. The Morgan fingerprint density at radius 1 is 1.00 bits per heavy atom. The minimum absolute atomic E-state index is 0.0777. The molecule has 0 aliphatic carbocycles. The van der Waals surface area contributed by atoms with Crippen molar-refractivity contribution in [2.75, 3.05) is 18.5 Å². The molecule has 0 unspecified atom stereocenters. The van der Waals surface area contributed by atoms with Crippen molar-refractivity contribution >= 4 is 17.5 Å². The van der Waals surface area contributed by atoms with Crippen LogP contribution in [0.4, 0.5) is 5.69 Å². The molecule has 5 heteroatoms. The van der Waals surface area contributed by atoms with Crippen molar-refractivity contribution in [3.8, 4) is 0 Å². The van der Waals surface area contributed by atoms with Gasteiger partial charge in [-0.2, -0.15) is 0 Å². The van der Waals surface area contributed by atoms with E-state index < -0.39 is 0 Å². The molecule has 5 nitrogen and oxygen atoms in total. The fourth-order valence-electron chi connectivity index (χ4n) is 3.29. The molecule has 2 aromatic rings. The zero-order chi connectivity index (χ0) is 19.4. The second kappa shape index (κ2) is 8.35. The number of amides is 2. The van der Waals surface area contributed by atoms with E-state index in [9.17, 15) is 9.59 Å². The van der Waals surface area contributed by atoms with Gasteiger partial charge in [0, 0.05) is 18.7 Å². The molecule has 0 bridgehead atoms. The van der Waals surface area contributed by atoms with Gasteiger partial charge in [0.1, 0.15) is 0 Å². The van der Waals surface area contributed by atoms with Crippen molar-refractivity contribution in [1.82, 2.24) is 5.32 Å². The number of aryl methyl sites for hydroxylation is 3. The third kappa shape index (κ3) is 4.55. The van der Waals surface area contributed by atoms with Gasteiger partial charge in [0.15, 0.2) is 0 Å². The molecule has 2 N–H and O–H groups in total. The third-order valence-electron chi connectivity index (χ3n) is 5.02. The van der Waals surface area contributed by atoms with Crippen LogP contribution in [0.1, 0.15) is 50.2 Å². The summed E-state index contributed by atoms with van der Waals surface area (Å²) in [7, 11) is 0. The average molecular weight is 366 g/mol. The number of hydrogen-bond acceptors (Lipinski definition) is 3. The molecule has 142 valence electrons. The Kier molecular flexibility index (Phi) is 5.91. The highest BCUT2D eigenvalue weighted by atomic mass is 16.5. The normalized spacial score (nSPS) is 16.2. The zero-order valence-corrected chi connectivity index (χ0v) is 16.1. The van der Waals surface area contributed by atoms with Gasteiger partial charge in [-0.1, -0.05) is 18.2 Å². The first-order valence-electron chi connectivity index (χ1n) is 9.33. The van der Waals surface area contributed by atoms with Crippen molar-refractivity contribution < 1.29 is 14.3 Å². The molecule has 27 heavy (non-hydrogen) atoms. The molecule has 0 radical (unpaired) electrons. The summed E-state index contributed by atoms with van der Waals surface area (Å²) >= 11 is 0. The molecule has 1 aliphatic heterocycles. The molecular weight excluding hydrogens is 340 g/mol. The van der Waals surface area contributed by atoms with E-state index in [-0.39, 0.29) is 17.9 Å². The van der Waals surface area contributed by atoms with Gasteiger partial charge in [-0.05, 0) is 68.5 Å². The maximum atomic E-state index is 12.8. The van der Waals surface area contributed by atoms with Crippen molar-refractivity contribution in [3.05, 3.63) is 64.2 Å². The van der Waals surface area contributed by atoms with E-state index in [0.717, 1.165) is 36.1 Å². The van der Waals surface area contributed by atoms with Crippen LogP contribution in [-0.4, -0.2) is 31.1 Å². The molecule has 2 aromatic carbocycles. The lowest BCUT2D eigenvalue weighted by atomic mass is 10.00. The molecule has 1 saturated heterocycles. The summed E-state index contributed by atoms with van der Waals surface area (Å²) < 4.78 is 5.54. The van der Waals surface area contributed by atoms with Gasteiger partial charge in [-0.25, -0.2) is 0 Å². The maximum absolute atomic E-state index is 12.8. The van der Waals surface area contributed by atoms with E-state index in [1.807, 2.05) is 32.9 Å². The summed E-state index contributed by atoms with van der Waals surface area (Å²) in [6.45, 7) is 7.16. The largest absolute Gasteiger partial charge is 0.376 e. The Hall–Kier alpha value is -2.66. The van der Waals surface area contributed by atoms with Crippen molar-refractivity contribution in [1.29, 1.82) is 0 Å². The first kappa shape index (κ1) is 19.1. The number of nitrogens with one attached hydrogen (secondary N) is 2. The number of carbonyl (C=O) groups excluding carboxylic acids is 2. The molecule has 0 aromatic heterocycles. The van der Waals surface area contributed by atoms with Crippen LogP contribution in [0, 0.1) is 20.8 Å². The lowest BCUT2D eigenvalue weighted by Gasteiger charge is -2.15. The second-order valence-electron chi connectivity index (χ2n) is 7.10. The van der Waals surface area contributed by atoms with Crippen LogP contribution >= 0.6 is 0 Å². The standard InChI is InChI=1S/C22H26N2O3/c1-14-11-16(3)19(12-15(14)2)22(26)24-20-9-5-4-8-18(20)21(25)23-13-17-7-6-10-27-17/h4-5,8-9,11-12,17H,6-7,10,13H2,1-3H3,(H,23,25)(H,24,26)/t17-/m0/s1. The summed E-state index contributed by atoms with van der Waals surface area (Å²) in [5.41, 5.74) is 4.70. The minimum Gasteiger partial charge on any atom is -0.376 e. The van der Waals surface area contributed by atoms with E-state index in [2.05, 4.69) is 10.6 Å². The minimum atomic E-state index is -0.213. The Balaban J connectivity index is 1.74. The van der Waals surface area contributed by atoms with E-state index >= 15 is 0 Å². The molecule has 1 fully saturated rings. The number of hydrogen-bond donors (Lipinski definition) is 2. The first-order valence-corrected chi connectivity index (χ1v) is 9.33. The highest BCUT2D eigenvalue weighted by Gasteiger charge is 2.19. The summed E-state index contributed by atoms with van der Waals surface area (Å²) in [6.07, 6.45) is 2.07. The monoisotopic (exact) mass is 366 g/mol. The van der Waals surface area contributed by atoms with E-state index in [0.29, 0.717) is 23.4 Å². The number of para-hydroxylation sites is 1. The van der Waals surface area contributed by atoms with Crippen LogP contribution in [0.3, 0.4) is 0 Å². The maximum Gasteiger partial charge on any atom is 0.255 e. The van der Waals surface area contributed by atoms with Crippen LogP contribution in [-0.2, 0) is 4.74 Å². The number of ether oxygens (including phenoxy) is 1. The fraction of sp³-hybridized carbons (Fsp3) is 0.364. The molecule has 0 spiro atoms. The number of carbonyl (C=O) groups is 2. The first-order chi connectivity index (χ1) is 13.0. The van der Waals surface area contributed by atoms with Gasteiger partial charge < -0.3 is 15.4 Å². The van der Waals surface area contributed by atoms with Gasteiger partial charge in [0.2, 0.25) is 0 Å². The molecule has 1 heterocycles. The summed E-state index contributed by atoms with van der Waals surface area (Å²) in [6, 6.07) is 10.9. The predicted octanol–water partition coefficient (Wildman–Crippen LogP) is 3.77.